The highest BCUT2D eigenvalue weighted by atomic mass is 32.2. The smallest absolute Gasteiger partial charge is 0.235 e. The molecule has 1 aromatic carbocycles. The van der Waals surface area contributed by atoms with Crippen LogP contribution in [0, 0.1) is 0 Å². The summed E-state index contributed by atoms with van der Waals surface area (Å²) in [5.74, 6) is 0.257. The van der Waals surface area contributed by atoms with Crippen LogP contribution in [0.2, 0.25) is 0 Å². The number of nitrogens with one attached hydrogen (secondary N) is 1. The van der Waals surface area contributed by atoms with Crippen molar-refractivity contribution in [2.75, 3.05) is 20.6 Å². The fourth-order valence-corrected chi connectivity index (χ4v) is 3.19. The number of amides is 1. The molecular formula is C14H20N2OS. The van der Waals surface area contributed by atoms with Crippen molar-refractivity contribution in [2.45, 2.75) is 29.5 Å². The van der Waals surface area contributed by atoms with Gasteiger partial charge in [0.2, 0.25) is 5.91 Å². The molecule has 1 aromatic rings. The standard InChI is InChI=1S/C14H20N2OS/c1-10(15-2)11-4-6-12(7-5-11)18-13-8-9-16(3)14(13)17/h4-7,10,13,15H,8-9H2,1-3H3. The average molecular weight is 264 g/mol. The molecule has 98 valence electrons. The number of nitrogens with zero attached hydrogens (tertiary/aromatic N) is 1. The van der Waals surface area contributed by atoms with Gasteiger partial charge in [0, 0.05) is 24.5 Å². The molecule has 1 amide bonds. The molecule has 3 nitrogen and oxygen atoms in total. The van der Waals surface area contributed by atoms with E-state index in [0.717, 1.165) is 13.0 Å². The van der Waals surface area contributed by atoms with Gasteiger partial charge in [-0.2, -0.15) is 0 Å². The molecule has 2 atom stereocenters. The molecule has 1 heterocycles. The third-order valence-electron chi connectivity index (χ3n) is 3.47. The molecule has 1 fully saturated rings. The van der Waals surface area contributed by atoms with Crippen LogP contribution in [0.1, 0.15) is 24.9 Å². The number of thioether (sulfide) groups is 1. The summed E-state index contributed by atoms with van der Waals surface area (Å²) in [4.78, 5) is 14.8. The summed E-state index contributed by atoms with van der Waals surface area (Å²) in [6, 6.07) is 8.85. The predicted molar refractivity (Wildman–Crippen MR) is 75.8 cm³/mol. The summed E-state index contributed by atoms with van der Waals surface area (Å²) in [5, 5.41) is 3.32. The minimum atomic E-state index is 0.0996. The van der Waals surface area contributed by atoms with Gasteiger partial charge in [-0.1, -0.05) is 12.1 Å². The van der Waals surface area contributed by atoms with Crippen LogP contribution in [0.3, 0.4) is 0 Å². The Balaban J connectivity index is 2.00. The second-order valence-corrected chi connectivity index (χ2v) is 6.01. The van der Waals surface area contributed by atoms with E-state index in [-0.39, 0.29) is 11.2 Å². The number of carbonyl (C=O) groups excluding carboxylic acids is 1. The third-order valence-corrected chi connectivity index (χ3v) is 4.74. The first-order valence-corrected chi connectivity index (χ1v) is 7.18. The van der Waals surface area contributed by atoms with E-state index < -0.39 is 0 Å². The first-order valence-electron chi connectivity index (χ1n) is 6.30. The molecule has 0 aromatic heterocycles. The van der Waals surface area contributed by atoms with E-state index in [1.165, 1.54) is 10.5 Å². The van der Waals surface area contributed by atoms with E-state index in [1.807, 2.05) is 19.0 Å². The van der Waals surface area contributed by atoms with E-state index in [9.17, 15) is 4.79 Å². The van der Waals surface area contributed by atoms with Gasteiger partial charge in [-0.3, -0.25) is 4.79 Å². The second kappa shape index (κ2) is 5.76. The lowest BCUT2D eigenvalue weighted by molar-refractivity contribution is -0.126. The van der Waals surface area contributed by atoms with Crippen molar-refractivity contribution in [1.29, 1.82) is 0 Å². The van der Waals surface area contributed by atoms with Crippen molar-refractivity contribution in [1.82, 2.24) is 10.2 Å². The Morgan fingerprint density at radius 3 is 2.56 bits per heavy atom. The van der Waals surface area contributed by atoms with Crippen molar-refractivity contribution in [3.8, 4) is 0 Å². The van der Waals surface area contributed by atoms with Crippen molar-refractivity contribution in [3.63, 3.8) is 0 Å². The van der Waals surface area contributed by atoms with Crippen LogP contribution in [0.5, 0.6) is 0 Å². The van der Waals surface area contributed by atoms with Gasteiger partial charge in [0.1, 0.15) is 0 Å². The molecule has 1 aliphatic rings. The summed E-state index contributed by atoms with van der Waals surface area (Å²) in [6.07, 6.45) is 0.953. The Morgan fingerprint density at radius 2 is 2.06 bits per heavy atom. The van der Waals surface area contributed by atoms with Crippen molar-refractivity contribution >= 4 is 17.7 Å². The first kappa shape index (κ1) is 13.4. The van der Waals surface area contributed by atoms with Gasteiger partial charge < -0.3 is 10.2 Å². The zero-order valence-corrected chi connectivity index (χ0v) is 12.0. The summed E-state index contributed by atoms with van der Waals surface area (Å²) >= 11 is 1.68. The maximum atomic E-state index is 11.8. The molecule has 4 heteroatoms. The fourth-order valence-electron chi connectivity index (χ4n) is 2.07. The summed E-state index contributed by atoms with van der Waals surface area (Å²) in [7, 11) is 3.83. The first-order chi connectivity index (χ1) is 8.61. The highest BCUT2D eigenvalue weighted by Crippen LogP contribution is 2.30. The molecular weight excluding hydrogens is 244 g/mol. The number of likely N-dealkylation sites (tertiary alicyclic amines) is 1. The van der Waals surface area contributed by atoms with Crippen LogP contribution in [0.4, 0.5) is 0 Å². The van der Waals surface area contributed by atoms with Crippen LogP contribution in [0.25, 0.3) is 0 Å². The molecule has 18 heavy (non-hydrogen) atoms. The maximum Gasteiger partial charge on any atom is 0.235 e. The molecule has 2 rings (SSSR count). The van der Waals surface area contributed by atoms with E-state index in [4.69, 9.17) is 0 Å². The van der Waals surface area contributed by atoms with Crippen LogP contribution in [-0.2, 0) is 4.79 Å². The lowest BCUT2D eigenvalue weighted by Gasteiger charge is -2.12. The largest absolute Gasteiger partial charge is 0.345 e. The molecule has 0 radical (unpaired) electrons. The van der Waals surface area contributed by atoms with Crippen LogP contribution in [0.15, 0.2) is 29.2 Å². The Labute approximate surface area is 113 Å². The van der Waals surface area contributed by atoms with Gasteiger partial charge in [0.25, 0.3) is 0 Å². The molecule has 0 spiro atoms. The molecule has 2 unspecified atom stereocenters. The van der Waals surface area contributed by atoms with E-state index in [0.29, 0.717) is 6.04 Å². The van der Waals surface area contributed by atoms with Crippen molar-refractivity contribution in [2.24, 2.45) is 0 Å². The minimum Gasteiger partial charge on any atom is -0.345 e. The van der Waals surface area contributed by atoms with Crippen LogP contribution < -0.4 is 5.32 Å². The average Bonchev–Trinajstić information content (AvgIpc) is 2.71. The van der Waals surface area contributed by atoms with Gasteiger partial charge in [0.15, 0.2) is 0 Å². The highest BCUT2D eigenvalue weighted by Gasteiger charge is 2.29. The topological polar surface area (TPSA) is 32.3 Å². The Bertz CT molecular complexity index is 418. The molecule has 0 bridgehead atoms. The van der Waals surface area contributed by atoms with Crippen LogP contribution in [-0.4, -0.2) is 36.7 Å². The summed E-state index contributed by atoms with van der Waals surface area (Å²) in [5.41, 5.74) is 1.27. The molecule has 0 aliphatic carbocycles. The summed E-state index contributed by atoms with van der Waals surface area (Å²) < 4.78 is 0. The van der Waals surface area contributed by atoms with E-state index >= 15 is 0 Å². The lowest BCUT2D eigenvalue weighted by atomic mass is 10.1. The van der Waals surface area contributed by atoms with Crippen molar-refractivity contribution < 1.29 is 4.79 Å². The molecule has 0 saturated carbocycles. The second-order valence-electron chi connectivity index (χ2n) is 4.73. The quantitative estimate of drug-likeness (QED) is 0.905. The van der Waals surface area contributed by atoms with Crippen LogP contribution >= 0.6 is 11.8 Å². The highest BCUT2D eigenvalue weighted by molar-refractivity contribution is 8.00. The maximum absolute atomic E-state index is 11.8. The zero-order valence-electron chi connectivity index (χ0n) is 11.1. The number of hydrogen-bond acceptors (Lipinski definition) is 3. The summed E-state index contributed by atoms with van der Waals surface area (Å²) in [6.45, 7) is 3.02. The molecule has 1 aliphatic heterocycles. The zero-order chi connectivity index (χ0) is 13.1. The van der Waals surface area contributed by atoms with Gasteiger partial charge >= 0.3 is 0 Å². The van der Waals surface area contributed by atoms with Gasteiger partial charge in [-0.25, -0.2) is 0 Å². The molecule has 1 saturated heterocycles. The van der Waals surface area contributed by atoms with Gasteiger partial charge in [-0.05, 0) is 38.1 Å². The molecule has 1 N–H and O–H groups in total. The Hall–Kier alpha value is -1.00. The normalized spacial score (nSPS) is 21.4. The van der Waals surface area contributed by atoms with E-state index in [1.54, 1.807) is 11.8 Å². The Kier molecular flexibility index (Phi) is 4.30. The third kappa shape index (κ3) is 2.87. The van der Waals surface area contributed by atoms with Gasteiger partial charge in [-0.15, -0.1) is 11.8 Å². The SMILES string of the molecule is CNC(C)c1ccc(SC2CCN(C)C2=O)cc1. The predicted octanol–water partition coefficient (Wildman–Crippen LogP) is 2.29. The Morgan fingerprint density at radius 1 is 1.39 bits per heavy atom. The number of benzene rings is 1. The monoisotopic (exact) mass is 264 g/mol. The number of rotatable bonds is 4. The van der Waals surface area contributed by atoms with Crippen molar-refractivity contribution in [3.05, 3.63) is 29.8 Å². The number of hydrogen-bond donors (Lipinski definition) is 1. The number of carbonyl (C=O) groups is 1. The van der Waals surface area contributed by atoms with E-state index in [2.05, 4.69) is 36.5 Å². The van der Waals surface area contributed by atoms with Gasteiger partial charge in [0.05, 0.1) is 5.25 Å². The minimum absolute atomic E-state index is 0.0996. The fraction of sp³-hybridized carbons (Fsp3) is 0.500. The lowest BCUT2D eigenvalue weighted by Crippen LogP contribution is -2.23.